The highest BCUT2D eigenvalue weighted by molar-refractivity contribution is 8.01. The molecule has 0 bridgehead atoms. The number of rotatable bonds is 4. The van der Waals surface area contributed by atoms with Gasteiger partial charge in [0, 0.05) is 18.7 Å². The number of hydrogen-bond donors (Lipinski definition) is 0. The molecule has 1 aliphatic rings. The molecule has 5 nitrogen and oxygen atoms in total. The summed E-state index contributed by atoms with van der Waals surface area (Å²) in [5.41, 5.74) is 2.45. The fourth-order valence-corrected chi connectivity index (χ4v) is 4.94. The molecule has 0 spiro atoms. The number of aromatic nitrogens is 1. The van der Waals surface area contributed by atoms with Gasteiger partial charge in [-0.1, -0.05) is 17.7 Å². The monoisotopic (exact) mass is 393 g/mol. The van der Waals surface area contributed by atoms with Gasteiger partial charge in [0.1, 0.15) is 5.03 Å². The third-order valence-corrected chi connectivity index (χ3v) is 6.82. The number of nitrogens with zero attached hydrogens (tertiary/aromatic N) is 3. The van der Waals surface area contributed by atoms with E-state index in [0.29, 0.717) is 30.9 Å². The lowest BCUT2D eigenvalue weighted by molar-refractivity contribution is 0.0697. The van der Waals surface area contributed by atoms with E-state index >= 15 is 0 Å². The first-order chi connectivity index (χ1) is 12.0. The summed E-state index contributed by atoms with van der Waals surface area (Å²) in [6, 6.07) is 7.53. The molecule has 1 fully saturated rings. The van der Waals surface area contributed by atoms with Crippen LogP contribution >= 0.6 is 35.1 Å². The highest BCUT2D eigenvalue weighted by Crippen LogP contribution is 2.34. The Morgan fingerprint density at radius 3 is 2.28 bits per heavy atom. The van der Waals surface area contributed by atoms with Crippen molar-refractivity contribution in [3.8, 4) is 0 Å². The van der Waals surface area contributed by atoms with E-state index in [2.05, 4.69) is 4.37 Å². The average Bonchev–Trinajstić information content (AvgIpc) is 3.28. The zero-order valence-electron chi connectivity index (χ0n) is 14.3. The van der Waals surface area contributed by atoms with Crippen molar-refractivity contribution in [2.24, 2.45) is 0 Å². The van der Waals surface area contributed by atoms with E-state index in [1.54, 1.807) is 9.80 Å². The van der Waals surface area contributed by atoms with Crippen molar-refractivity contribution in [2.45, 2.75) is 16.2 Å². The smallest absolute Gasteiger partial charge is 0.260 e. The molecule has 0 N–H and O–H groups in total. The zero-order valence-corrected chi connectivity index (χ0v) is 16.8. The van der Waals surface area contributed by atoms with Crippen LogP contribution < -0.4 is 0 Å². The quantitative estimate of drug-likeness (QED) is 0.745. The third kappa shape index (κ3) is 3.70. The molecule has 1 saturated heterocycles. The van der Waals surface area contributed by atoms with Crippen molar-refractivity contribution >= 4 is 46.9 Å². The van der Waals surface area contributed by atoms with Gasteiger partial charge >= 0.3 is 0 Å². The van der Waals surface area contributed by atoms with Gasteiger partial charge in [-0.05, 0) is 43.1 Å². The van der Waals surface area contributed by atoms with Gasteiger partial charge in [-0.2, -0.15) is 4.37 Å². The normalized spacial score (nSPS) is 14.2. The number of thioether (sulfide) groups is 2. The lowest BCUT2D eigenvalue weighted by Crippen LogP contribution is -2.34. The molecular formula is C17H19N3O2S3. The van der Waals surface area contributed by atoms with Gasteiger partial charge in [0.05, 0.1) is 16.4 Å². The molecule has 2 amide bonds. The Hall–Kier alpha value is -1.51. The Balaban J connectivity index is 1.74. The largest absolute Gasteiger partial charge is 0.319 e. The standard InChI is InChI=1S/C17H19N3O2S3/c1-11-4-6-12(7-5-11)15(21)19-8-9-20(10-19)16(22)13-14(23-2)18-25-17(13)24-3/h4-7H,8-10H2,1-3H3. The number of benzene rings is 1. The first-order valence-corrected chi connectivity index (χ1v) is 11.0. The lowest BCUT2D eigenvalue weighted by Gasteiger charge is -2.19. The van der Waals surface area contributed by atoms with Crippen LogP contribution in [0, 0.1) is 6.92 Å². The van der Waals surface area contributed by atoms with Crippen LogP contribution in [0.1, 0.15) is 26.3 Å². The Kier molecular flexibility index (Phi) is 5.71. The highest BCUT2D eigenvalue weighted by atomic mass is 32.2. The van der Waals surface area contributed by atoms with Crippen LogP contribution in [-0.4, -0.2) is 58.3 Å². The van der Waals surface area contributed by atoms with Gasteiger partial charge in [-0.3, -0.25) is 9.59 Å². The van der Waals surface area contributed by atoms with Crippen molar-refractivity contribution in [3.05, 3.63) is 41.0 Å². The number of amides is 2. The molecule has 3 rings (SSSR count). The SMILES string of the molecule is CSc1nsc(SC)c1C(=O)N1CCN(C(=O)c2ccc(C)cc2)C1. The molecule has 0 radical (unpaired) electrons. The molecule has 0 unspecified atom stereocenters. The predicted molar refractivity (Wildman–Crippen MR) is 104 cm³/mol. The third-order valence-electron chi connectivity index (χ3n) is 4.08. The number of hydrogen-bond acceptors (Lipinski definition) is 6. The zero-order chi connectivity index (χ0) is 18.0. The van der Waals surface area contributed by atoms with Crippen molar-refractivity contribution in [2.75, 3.05) is 32.3 Å². The molecule has 0 aliphatic carbocycles. The minimum atomic E-state index is -0.0401. The number of carbonyl (C=O) groups excluding carboxylic acids is 2. The summed E-state index contributed by atoms with van der Waals surface area (Å²) in [6.07, 6.45) is 3.87. The van der Waals surface area contributed by atoms with Crippen LogP contribution in [0.3, 0.4) is 0 Å². The molecule has 1 aliphatic heterocycles. The molecule has 0 saturated carbocycles. The Morgan fingerprint density at radius 2 is 1.68 bits per heavy atom. The van der Waals surface area contributed by atoms with E-state index < -0.39 is 0 Å². The van der Waals surface area contributed by atoms with E-state index in [-0.39, 0.29) is 11.8 Å². The first kappa shape index (κ1) is 18.3. The predicted octanol–water partition coefficient (Wildman–Crippen LogP) is 3.45. The average molecular weight is 394 g/mol. The molecule has 0 atom stereocenters. The van der Waals surface area contributed by atoms with Crippen molar-refractivity contribution in [3.63, 3.8) is 0 Å². The summed E-state index contributed by atoms with van der Waals surface area (Å²) in [5.74, 6) is -0.0735. The summed E-state index contributed by atoms with van der Waals surface area (Å²) in [7, 11) is 0. The Morgan fingerprint density at radius 1 is 1.04 bits per heavy atom. The van der Waals surface area contributed by atoms with Crippen LogP contribution in [0.4, 0.5) is 0 Å². The van der Waals surface area contributed by atoms with Crippen molar-refractivity contribution in [1.82, 2.24) is 14.2 Å². The second-order valence-electron chi connectivity index (χ2n) is 5.70. The van der Waals surface area contributed by atoms with E-state index in [1.807, 2.05) is 43.7 Å². The molecule has 2 aromatic rings. The van der Waals surface area contributed by atoms with E-state index in [4.69, 9.17) is 0 Å². The summed E-state index contributed by atoms with van der Waals surface area (Å²) < 4.78 is 5.29. The van der Waals surface area contributed by atoms with Crippen molar-refractivity contribution in [1.29, 1.82) is 0 Å². The maximum Gasteiger partial charge on any atom is 0.260 e. The Labute approximate surface area is 159 Å². The highest BCUT2D eigenvalue weighted by Gasteiger charge is 2.32. The fraction of sp³-hybridized carbons (Fsp3) is 0.353. The molecule has 1 aromatic carbocycles. The van der Waals surface area contributed by atoms with Gasteiger partial charge < -0.3 is 9.80 Å². The minimum absolute atomic E-state index is 0.0334. The topological polar surface area (TPSA) is 53.5 Å². The van der Waals surface area contributed by atoms with Crippen LogP contribution in [0.5, 0.6) is 0 Å². The summed E-state index contributed by atoms with van der Waals surface area (Å²) >= 11 is 4.38. The minimum Gasteiger partial charge on any atom is -0.319 e. The maximum absolute atomic E-state index is 12.9. The Bertz CT molecular complexity index is 767. The first-order valence-electron chi connectivity index (χ1n) is 7.78. The summed E-state index contributed by atoms with van der Waals surface area (Å²) in [6.45, 7) is 3.42. The van der Waals surface area contributed by atoms with Gasteiger partial charge in [-0.15, -0.1) is 23.5 Å². The van der Waals surface area contributed by atoms with Gasteiger partial charge in [-0.25, -0.2) is 0 Å². The summed E-state index contributed by atoms with van der Waals surface area (Å²) in [4.78, 5) is 29.0. The van der Waals surface area contributed by atoms with Crippen molar-refractivity contribution < 1.29 is 9.59 Å². The molecule has 132 valence electrons. The van der Waals surface area contributed by atoms with E-state index in [0.717, 1.165) is 14.8 Å². The van der Waals surface area contributed by atoms with E-state index in [9.17, 15) is 9.59 Å². The second-order valence-corrected chi connectivity index (χ2v) is 8.35. The summed E-state index contributed by atoms with van der Waals surface area (Å²) in [5, 5.41) is 0.766. The fourth-order valence-electron chi connectivity index (χ4n) is 2.68. The second kappa shape index (κ2) is 7.80. The van der Waals surface area contributed by atoms with E-state index in [1.165, 1.54) is 35.1 Å². The molecule has 8 heteroatoms. The van der Waals surface area contributed by atoms with Gasteiger partial charge in [0.25, 0.3) is 11.8 Å². The molecule has 25 heavy (non-hydrogen) atoms. The maximum atomic E-state index is 12.9. The van der Waals surface area contributed by atoms with Crippen LogP contribution in [0.2, 0.25) is 0 Å². The lowest BCUT2D eigenvalue weighted by atomic mass is 10.1. The molecule has 2 heterocycles. The van der Waals surface area contributed by atoms with Gasteiger partial charge in [0.2, 0.25) is 0 Å². The molecular weight excluding hydrogens is 374 g/mol. The van der Waals surface area contributed by atoms with Crippen LogP contribution in [0.15, 0.2) is 33.5 Å². The molecule has 1 aromatic heterocycles. The number of carbonyl (C=O) groups is 2. The van der Waals surface area contributed by atoms with Gasteiger partial charge in [0.15, 0.2) is 0 Å². The number of aryl methyl sites for hydroxylation is 1. The van der Waals surface area contributed by atoms with Crippen LogP contribution in [-0.2, 0) is 0 Å². The van der Waals surface area contributed by atoms with Crippen LogP contribution in [0.25, 0.3) is 0 Å².